The van der Waals surface area contributed by atoms with Crippen LogP contribution in [0, 0.1) is 0 Å². The van der Waals surface area contributed by atoms with Crippen LogP contribution in [-0.4, -0.2) is 25.5 Å². The highest BCUT2D eigenvalue weighted by atomic mass is 32.2. The van der Waals surface area contributed by atoms with Gasteiger partial charge in [-0.05, 0) is 68.4 Å². The van der Waals surface area contributed by atoms with Crippen LogP contribution in [0.15, 0.2) is 58.3 Å². The van der Waals surface area contributed by atoms with E-state index in [2.05, 4.69) is 73.6 Å². The van der Waals surface area contributed by atoms with Crippen molar-refractivity contribution >= 4 is 23.4 Å². The average Bonchev–Trinajstić information content (AvgIpc) is 2.63. The van der Waals surface area contributed by atoms with Gasteiger partial charge in [0.1, 0.15) is 0 Å². The van der Waals surface area contributed by atoms with Crippen LogP contribution in [0.1, 0.15) is 24.0 Å². The molecule has 0 spiro atoms. The van der Waals surface area contributed by atoms with E-state index < -0.39 is 0 Å². The Morgan fingerprint density at radius 1 is 0.905 bits per heavy atom. The zero-order valence-electron chi connectivity index (χ0n) is 12.7. The standard InChI is InChI=1S/C19H21NS/c1-20(2)13-7-9-15-14-16-8-3-5-11-18(16)21-19-12-6-4-10-17(15)19/h3-6,8,10-12,14H,7,9,13H2,1-2H3. The molecule has 2 heteroatoms. The van der Waals surface area contributed by atoms with Gasteiger partial charge in [-0.15, -0.1) is 0 Å². The summed E-state index contributed by atoms with van der Waals surface area (Å²) in [6, 6.07) is 17.5. The molecule has 0 N–H and O–H groups in total. The number of allylic oxidation sites excluding steroid dienone is 1. The molecule has 2 aromatic rings. The van der Waals surface area contributed by atoms with Gasteiger partial charge in [-0.1, -0.05) is 48.2 Å². The minimum absolute atomic E-state index is 1.13. The first-order chi connectivity index (χ1) is 10.2. The smallest absolute Gasteiger partial charge is 0.0197 e. The predicted octanol–water partition coefficient (Wildman–Crippen LogP) is 5.03. The number of hydrogen-bond acceptors (Lipinski definition) is 2. The zero-order valence-corrected chi connectivity index (χ0v) is 13.5. The Balaban J connectivity index is 1.96. The number of nitrogens with zero attached hydrogens (tertiary/aromatic N) is 1. The average molecular weight is 295 g/mol. The van der Waals surface area contributed by atoms with E-state index in [1.54, 1.807) is 0 Å². The van der Waals surface area contributed by atoms with Gasteiger partial charge in [0.2, 0.25) is 0 Å². The molecule has 0 aromatic heterocycles. The van der Waals surface area contributed by atoms with Crippen molar-refractivity contribution < 1.29 is 0 Å². The van der Waals surface area contributed by atoms with E-state index >= 15 is 0 Å². The van der Waals surface area contributed by atoms with Gasteiger partial charge in [0.05, 0.1) is 0 Å². The van der Waals surface area contributed by atoms with Crippen LogP contribution in [0.4, 0.5) is 0 Å². The van der Waals surface area contributed by atoms with E-state index in [9.17, 15) is 0 Å². The fraction of sp³-hybridized carbons (Fsp3) is 0.263. The third-order valence-corrected chi connectivity index (χ3v) is 4.92. The quantitative estimate of drug-likeness (QED) is 0.778. The lowest BCUT2D eigenvalue weighted by Gasteiger charge is -2.12. The summed E-state index contributed by atoms with van der Waals surface area (Å²) in [4.78, 5) is 4.98. The van der Waals surface area contributed by atoms with E-state index in [0.717, 1.165) is 13.0 Å². The highest BCUT2D eigenvalue weighted by molar-refractivity contribution is 7.99. The summed E-state index contributed by atoms with van der Waals surface area (Å²) >= 11 is 1.88. The number of benzene rings is 2. The number of hydrogen-bond donors (Lipinski definition) is 0. The maximum absolute atomic E-state index is 2.38. The van der Waals surface area contributed by atoms with Crippen molar-refractivity contribution in [2.45, 2.75) is 22.6 Å². The molecular weight excluding hydrogens is 274 g/mol. The molecule has 1 aliphatic rings. The van der Waals surface area contributed by atoms with Gasteiger partial charge in [0, 0.05) is 9.79 Å². The highest BCUT2D eigenvalue weighted by Gasteiger charge is 2.14. The minimum atomic E-state index is 1.13. The molecular formula is C19H21NS. The first-order valence-electron chi connectivity index (χ1n) is 7.45. The van der Waals surface area contributed by atoms with Crippen molar-refractivity contribution in [3.8, 4) is 0 Å². The Bertz CT molecular complexity index is 658. The largest absolute Gasteiger partial charge is 0.309 e. The summed E-state index contributed by atoms with van der Waals surface area (Å²) in [5, 5.41) is 0. The molecule has 2 aromatic carbocycles. The lowest BCUT2D eigenvalue weighted by molar-refractivity contribution is 0.403. The van der Waals surface area contributed by atoms with Crippen LogP contribution < -0.4 is 0 Å². The summed E-state index contributed by atoms with van der Waals surface area (Å²) in [5.41, 5.74) is 4.21. The number of rotatable bonds is 4. The molecule has 1 nitrogen and oxygen atoms in total. The minimum Gasteiger partial charge on any atom is -0.309 e. The van der Waals surface area contributed by atoms with Crippen molar-refractivity contribution in [1.29, 1.82) is 0 Å². The number of fused-ring (bicyclic) bond motifs is 2. The van der Waals surface area contributed by atoms with Gasteiger partial charge in [-0.2, -0.15) is 0 Å². The van der Waals surface area contributed by atoms with Crippen molar-refractivity contribution in [2.75, 3.05) is 20.6 Å². The van der Waals surface area contributed by atoms with Crippen LogP contribution in [0.25, 0.3) is 11.6 Å². The maximum atomic E-state index is 2.38. The zero-order chi connectivity index (χ0) is 14.7. The molecule has 0 bridgehead atoms. The second-order valence-electron chi connectivity index (χ2n) is 5.71. The fourth-order valence-corrected chi connectivity index (χ4v) is 3.77. The Kier molecular flexibility index (Phi) is 4.47. The topological polar surface area (TPSA) is 3.24 Å². The molecule has 0 radical (unpaired) electrons. The predicted molar refractivity (Wildman–Crippen MR) is 92.7 cm³/mol. The summed E-state index contributed by atoms with van der Waals surface area (Å²) in [5.74, 6) is 0. The second-order valence-corrected chi connectivity index (χ2v) is 6.80. The Labute approximate surface area is 131 Å². The molecule has 0 aliphatic carbocycles. The molecule has 108 valence electrons. The van der Waals surface area contributed by atoms with E-state index in [1.165, 1.54) is 32.9 Å². The molecule has 1 aliphatic heterocycles. The van der Waals surface area contributed by atoms with Crippen molar-refractivity contribution in [3.63, 3.8) is 0 Å². The van der Waals surface area contributed by atoms with Crippen molar-refractivity contribution in [3.05, 3.63) is 59.7 Å². The summed E-state index contributed by atoms with van der Waals surface area (Å²) < 4.78 is 0. The molecule has 1 heterocycles. The van der Waals surface area contributed by atoms with Crippen molar-refractivity contribution in [2.24, 2.45) is 0 Å². The Hall–Kier alpha value is -1.51. The van der Waals surface area contributed by atoms with Crippen LogP contribution in [0.2, 0.25) is 0 Å². The van der Waals surface area contributed by atoms with E-state index in [-0.39, 0.29) is 0 Å². The Morgan fingerprint density at radius 3 is 2.43 bits per heavy atom. The molecule has 0 atom stereocenters. The maximum Gasteiger partial charge on any atom is 0.0197 e. The normalized spacial score (nSPS) is 13.4. The fourth-order valence-electron chi connectivity index (χ4n) is 2.69. The third-order valence-electron chi connectivity index (χ3n) is 3.75. The molecule has 0 saturated carbocycles. The van der Waals surface area contributed by atoms with E-state index in [4.69, 9.17) is 0 Å². The first-order valence-corrected chi connectivity index (χ1v) is 8.27. The SMILES string of the molecule is CN(C)CCCC1=Cc2ccccc2Sc2ccccc21. The third kappa shape index (κ3) is 3.39. The highest BCUT2D eigenvalue weighted by Crippen LogP contribution is 2.41. The van der Waals surface area contributed by atoms with Crippen LogP contribution in [-0.2, 0) is 0 Å². The van der Waals surface area contributed by atoms with E-state index in [1.807, 2.05) is 11.8 Å². The van der Waals surface area contributed by atoms with Gasteiger partial charge in [0.15, 0.2) is 0 Å². The Morgan fingerprint density at radius 2 is 1.62 bits per heavy atom. The second kappa shape index (κ2) is 6.50. The van der Waals surface area contributed by atoms with Gasteiger partial charge in [-0.3, -0.25) is 0 Å². The van der Waals surface area contributed by atoms with Crippen LogP contribution >= 0.6 is 11.8 Å². The van der Waals surface area contributed by atoms with E-state index in [0.29, 0.717) is 0 Å². The molecule has 0 amide bonds. The summed E-state index contributed by atoms with van der Waals surface area (Å²) in [6.07, 6.45) is 4.70. The molecule has 3 rings (SSSR count). The first kappa shape index (κ1) is 14.4. The van der Waals surface area contributed by atoms with Crippen molar-refractivity contribution in [1.82, 2.24) is 4.90 Å². The summed E-state index contributed by atoms with van der Waals surface area (Å²) in [6.45, 7) is 1.13. The summed E-state index contributed by atoms with van der Waals surface area (Å²) in [7, 11) is 4.28. The van der Waals surface area contributed by atoms with Gasteiger partial charge >= 0.3 is 0 Å². The molecule has 0 fully saturated rings. The molecule has 0 saturated heterocycles. The lowest BCUT2D eigenvalue weighted by Crippen LogP contribution is -2.12. The van der Waals surface area contributed by atoms with Crippen LogP contribution in [0.5, 0.6) is 0 Å². The van der Waals surface area contributed by atoms with Gasteiger partial charge in [-0.25, -0.2) is 0 Å². The van der Waals surface area contributed by atoms with Crippen LogP contribution in [0.3, 0.4) is 0 Å². The molecule has 0 unspecified atom stereocenters. The van der Waals surface area contributed by atoms with Gasteiger partial charge < -0.3 is 4.90 Å². The molecule has 21 heavy (non-hydrogen) atoms. The lowest BCUT2D eigenvalue weighted by atomic mass is 9.98. The monoisotopic (exact) mass is 295 g/mol. The van der Waals surface area contributed by atoms with Gasteiger partial charge in [0.25, 0.3) is 0 Å².